The van der Waals surface area contributed by atoms with E-state index in [4.69, 9.17) is 4.42 Å². The van der Waals surface area contributed by atoms with Crippen LogP contribution >= 0.6 is 11.3 Å². The van der Waals surface area contributed by atoms with Gasteiger partial charge >= 0.3 is 0 Å². The third kappa shape index (κ3) is 4.24. The first-order valence-electron chi connectivity index (χ1n) is 15.2. The molecule has 9 rings (SSSR count). The van der Waals surface area contributed by atoms with Gasteiger partial charge in [-0.15, -0.1) is 11.3 Å². The summed E-state index contributed by atoms with van der Waals surface area (Å²) in [5, 5.41) is 4.82. The lowest BCUT2D eigenvalue weighted by atomic mass is 9.97. The molecule has 2 heterocycles. The van der Waals surface area contributed by atoms with Crippen molar-refractivity contribution in [2.45, 2.75) is 0 Å². The number of para-hydroxylation sites is 2. The number of nitrogens with zero attached hydrogens (tertiary/aromatic N) is 1. The zero-order valence-electron chi connectivity index (χ0n) is 24.4. The molecule has 3 heteroatoms. The van der Waals surface area contributed by atoms with E-state index >= 15 is 0 Å². The van der Waals surface area contributed by atoms with Gasteiger partial charge in [0.05, 0.1) is 16.1 Å². The fraction of sp³-hybridized carbons (Fsp3) is 0. The molecule has 0 fully saturated rings. The van der Waals surface area contributed by atoms with Crippen LogP contribution in [0.4, 0.5) is 17.1 Å². The average Bonchev–Trinajstić information content (AvgIpc) is 3.68. The number of hydrogen-bond donors (Lipinski definition) is 0. The summed E-state index contributed by atoms with van der Waals surface area (Å²) in [6.07, 6.45) is 0. The maximum absolute atomic E-state index is 6.42. The summed E-state index contributed by atoms with van der Waals surface area (Å²) >= 11 is 1.86. The Bertz CT molecular complexity index is 2490. The number of rotatable bonds is 5. The highest BCUT2D eigenvalue weighted by Crippen LogP contribution is 2.50. The van der Waals surface area contributed by atoms with Crippen molar-refractivity contribution in [2.24, 2.45) is 0 Å². The molecule has 0 saturated carbocycles. The molecule has 0 aliphatic heterocycles. The second kappa shape index (κ2) is 10.5. The monoisotopic (exact) mass is 593 g/mol. The molecule has 0 spiro atoms. The van der Waals surface area contributed by atoms with Gasteiger partial charge in [0, 0.05) is 43.6 Å². The van der Waals surface area contributed by atoms with Crippen LogP contribution in [0, 0.1) is 0 Å². The van der Waals surface area contributed by atoms with Crippen LogP contribution in [0.25, 0.3) is 64.4 Å². The van der Waals surface area contributed by atoms with Crippen LogP contribution < -0.4 is 4.90 Å². The average molecular weight is 594 g/mol. The van der Waals surface area contributed by atoms with Crippen molar-refractivity contribution in [3.8, 4) is 22.3 Å². The molecule has 0 aliphatic rings. The largest absolute Gasteiger partial charge is 0.456 e. The van der Waals surface area contributed by atoms with Gasteiger partial charge in [0.1, 0.15) is 11.2 Å². The van der Waals surface area contributed by atoms with Gasteiger partial charge in [0.25, 0.3) is 0 Å². The second-order valence-corrected chi connectivity index (χ2v) is 12.4. The topological polar surface area (TPSA) is 16.4 Å². The molecular weight excluding hydrogens is 567 g/mol. The molecule has 0 aliphatic carbocycles. The molecule has 0 unspecified atom stereocenters. The van der Waals surface area contributed by atoms with Gasteiger partial charge in [0.2, 0.25) is 0 Å². The van der Waals surface area contributed by atoms with Crippen molar-refractivity contribution in [1.29, 1.82) is 0 Å². The summed E-state index contributed by atoms with van der Waals surface area (Å²) in [4.78, 5) is 2.42. The summed E-state index contributed by atoms with van der Waals surface area (Å²) in [5.41, 5.74) is 9.91. The summed E-state index contributed by atoms with van der Waals surface area (Å²) in [6.45, 7) is 0. The smallest absolute Gasteiger partial charge is 0.137 e. The van der Waals surface area contributed by atoms with Crippen LogP contribution in [0.2, 0.25) is 0 Å². The molecule has 212 valence electrons. The lowest BCUT2D eigenvalue weighted by molar-refractivity contribution is 0.669. The number of benzene rings is 7. The van der Waals surface area contributed by atoms with Gasteiger partial charge < -0.3 is 9.32 Å². The van der Waals surface area contributed by atoms with E-state index in [0.717, 1.165) is 39.0 Å². The highest BCUT2D eigenvalue weighted by molar-refractivity contribution is 7.26. The molecule has 2 nitrogen and oxygen atoms in total. The fourth-order valence-corrected chi connectivity index (χ4v) is 7.87. The summed E-state index contributed by atoms with van der Waals surface area (Å²) in [6, 6.07) is 58.4. The maximum atomic E-state index is 6.42. The van der Waals surface area contributed by atoms with Crippen LogP contribution in [-0.2, 0) is 0 Å². The molecule has 0 N–H and O–H groups in total. The van der Waals surface area contributed by atoms with Gasteiger partial charge in [-0.3, -0.25) is 0 Å². The predicted molar refractivity (Wildman–Crippen MR) is 192 cm³/mol. The number of hydrogen-bond acceptors (Lipinski definition) is 3. The lowest BCUT2D eigenvalue weighted by Gasteiger charge is -2.28. The number of thiophene rings is 1. The number of furan rings is 1. The second-order valence-electron chi connectivity index (χ2n) is 11.3. The molecule has 9 aromatic rings. The predicted octanol–water partition coefficient (Wildman–Crippen LogP) is 12.8. The summed E-state index contributed by atoms with van der Waals surface area (Å²) in [5.74, 6) is 0. The SMILES string of the molecule is c1ccc(-c2ccccc2N(c2ccc3c(c2)oc2ccccc23)c2ccc(-c3ccccc3)c3c2sc2ccccc23)cc1. The molecule has 0 saturated heterocycles. The number of anilines is 3. The standard InChI is InChI=1S/C42H27NOS/c1-3-13-28(14-4-1)31-17-7-10-20-36(31)43(30-23-24-34-33-18-8-11-21-38(33)44-39(34)27-30)37-26-25-32(29-15-5-2-6-16-29)41-35-19-9-12-22-40(35)45-42(37)41/h1-27H. The van der Waals surface area contributed by atoms with Gasteiger partial charge in [-0.25, -0.2) is 0 Å². The Balaban J connectivity index is 1.37. The zero-order chi connectivity index (χ0) is 29.7. The number of fused-ring (bicyclic) bond motifs is 6. The Labute approximate surface area is 265 Å². The first-order chi connectivity index (χ1) is 22.3. The Morgan fingerprint density at radius 2 is 1.09 bits per heavy atom. The molecule has 2 aromatic heterocycles. The molecule has 0 amide bonds. The van der Waals surface area contributed by atoms with Crippen molar-refractivity contribution < 1.29 is 4.42 Å². The minimum absolute atomic E-state index is 0.879. The van der Waals surface area contributed by atoms with Crippen molar-refractivity contribution in [1.82, 2.24) is 0 Å². The molecule has 0 atom stereocenters. The Morgan fingerprint density at radius 1 is 0.444 bits per heavy atom. The molecule has 0 radical (unpaired) electrons. The first-order valence-corrected chi connectivity index (χ1v) is 16.0. The Morgan fingerprint density at radius 3 is 1.91 bits per heavy atom. The minimum atomic E-state index is 0.879. The van der Waals surface area contributed by atoms with Crippen LogP contribution in [0.1, 0.15) is 0 Å². The third-order valence-corrected chi connectivity index (χ3v) is 9.87. The van der Waals surface area contributed by atoms with E-state index in [1.807, 2.05) is 23.5 Å². The van der Waals surface area contributed by atoms with Gasteiger partial charge in [-0.05, 0) is 53.1 Å². The van der Waals surface area contributed by atoms with Gasteiger partial charge in [0.15, 0.2) is 0 Å². The van der Waals surface area contributed by atoms with Crippen molar-refractivity contribution >= 4 is 70.5 Å². The van der Waals surface area contributed by atoms with E-state index in [0.29, 0.717) is 0 Å². The molecule has 0 bridgehead atoms. The van der Waals surface area contributed by atoms with E-state index in [9.17, 15) is 0 Å². The normalized spacial score (nSPS) is 11.6. The van der Waals surface area contributed by atoms with E-state index in [-0.39, 0.29) is 0 Å². The summed E-state index contributed by atoms with van der Waals surface area (Å²) < 4.78 is 8.95. The molecule has 7 aromatic carbocycles. The van der Waals surface area contributed by atoms with Crippen LogP contribution in [0.5, 0.6) is 0 Å². The van der Waals surface area contributed by atoms with Gasteiger partial charge in [-0.1, -0.05) is 121 Å². The highest BCUT2D eigenvalue weighted by atomic mass is 32.1. The molecule has 45 heavy (non-hydrogen) atoms. The van der Waals surface area contributed by atoms with Crippen LogP contribution in [0.3, 0.4) is 0 Å². The third-order valence-electron chi connectivity index (χ3n) is 8.68. The van der Waals surface area contributed by atoms with E-state index in [2.05, 4.69) is 157 Å². The van der Waals surface area contributed by atoms with Crippen molar-refractivity contribution in [3.05, 3.63) is 164 Å². The first kappa shape index (κ1) is 25.8. The van der Waals surface area contributed by atoms with E-state index in [1.165, 1.54) is 42.4 Å². The van der Waals surface area contributed by atoms with Crippen LogP contribution in [0.15, 0.2) is 168 Å². The van der Waals surface area contributed by atoms with Gasteiger partial charge in [-0.2, -0.15) is 0 Å². The van der Waals surface area contributed by atoms with Crippen molar-refractivity contribution in [3.63, 3.8) is 0 Å². The van der Waals surface area contributed by atoms with Crippen molar-refractivity contribution in [2.75, 3.05) is 4.90 Å². The summed E-state index contributed by atoms with van der Waals surface area (Å²) in [7, 11) is 0. The lowest BCUT2D eigenvalue weighted by Crippen LogP contribution is -2.11. The molecular formula is C42H27NOS. The quantitative estimate of drug-likeness (QED) is 0.197. The van der Waals surface area contributed by atoms with Crippen LogP contribution in [-0.4, -0.2) is 0 Å². The maximum Gasteiger partial charge on any atom is 0.137 e. The highest BCUT2D eigenvalue weighted by Gasteiger charge is 2.23. The Kier molecular flexibility index (Phi) is 6.03. The Hall–Kier alpha value is -5.64. The van der Waals surface area contributed by atoms with E-state index < -0.39 is 0 Å². The zero-order valence-corrected chi connectivity index (χ0v) is 25.2. The minimum Gasteiger partial charge on any atom is -0.456 e. The fourth-order valence-electron chi connectivity index (χ4n) is 6.64. The van der Waals surface area contributed by atoms with E-state index in [1.54, 1.807) is 0 Å².